The molecule has 0 radical (unpaired) electrons. The van der Waals surface area contributed by atoms with Crippen molar-refractivity contribution in [3.05, 3.63) is 47.3 Å². The minimum atomic E-state index is -0.0876. The van der Waals surface area contributed by atoms with E-state index in [1.54, 1.807) is 12.1 Å². The molecule has 1 unspecified atom stereocenters. The highest BCUT2D eigenvalue weighted by Crippen LogP contribution is 2.22. The zero-order valence-corrected chi connectivity index (χ0v) is 11.1. The third-order valence-electron chi connectivity index (χ3n) is 3.73. The summed E-state index contributed by atoms with van der Waals surface area (Å²) in [6.45, 7) is 0. The Morgan fingerprint density at radius 2 is 2.06 bits per heavy atom. The molecule has 0 saturated carbocycles. The maximum atomic E-state index is 13.6. The lowest BCUT2D eigenvalue weighted by molar-refractivity contribution is 0.516. The largest absolute Gasteiger partial charge is 0.316 e. The fourth-order valence-corrected chi connectivity index (χ4v) is 2.61. The predicted octanol–water partition coefficient (Wildman–Crippen LogP) is 3.85. The number of hydrogen-bond acceptors (Lipinski definition) is 1. The molecule has 0 bridgehead atoms. The molecule has 2 rings (SSSR count). The maximum absolute atomic E-state index is 13.6. The molecule has 18 heavy (non-hydrogen) atoms. The van der Waals surface area contributed by atoms with E-state index in [0.29, 0.717) is 6.04 Å². The minimum Gasteiger partial charge on any atom is -0.316 e. The molecule has 0 spiro atoms. The summed E-state index contributed by atoms with van der Waals surface area (Å²) in [4.78, 5) is 0. The van der Waals surface area contributed by atoms with E-state index in [2.05, 4.69) is 11.4 Å². The van der Waals surface area contributed by atoms with Gasteiger partial charge in [0.2, 0.25) is 0 Å². The normalized spacial score (nSPS) is 17.3. The molecule has 1 aliphatic carbocycles. The Morgan fingerprint density at radius 3 is 2.72 bits per heavy atom. The molecule has 0 amide bonds. The predicted molar refractivity (Wildman–Crippen MR) is 74.1 cm³/mol. The smallest absolute Gasteiger partial charge is 0.126 e. The van der Waals surface area contributed by atoms with Gasteiger partial charge < -0.3 is 5.32 Å². The molecular formula is C16H22FN. The van der Waals surface area contributed by atoms with Gasteiger partial charge in [-0.15, -0.1) is 0 Å². The zero-order chi connectivity index (χ0) is 12.8. The molecule has 0 aliphatic heterocycles. The summed E-state index contributed by atoms with van der Waals surface area (Å²) in [5.41, 5.74) is 2.35. The van der Waals surface area contributed by atoms with Gasteiger partial charge in [0.25, 0.3) is 0 Å². The molecule has 1 aromatic rings. The van der Waals surface area contributed by atoms with Crippen molar-refractivity contribution >= 4 is 0 Å². The molecule has 0 heterocycles. The number of rotatable bonds is 5. The standard InChI is InChI=1S/C16H22FN/c1-18-15(11-13-7-3-2-4-8-13)12-14-9-5-6-10-16(14)17/h5-7,9-10,15,18H,2-4,8,11-12H2,1H3. The fraction of sp³-hybridized carbons (Fsp3) is 0.500. The van der Waals surface area contributed by atoms with Gasteiger partial charge in [0.15, 0.2) is 0 Å². The van der Waals surface area contributed by atoms with Crippen LogP contribution in [0.5, 0.6) is 0 Å². The number of likely N-dealkylation sites (N-methyl/N-ethyl adjacent to an activating group) is 1. The van der Waals surface area contributed by atoms with Crippen LogP contribution in [0, 0.1) is 5.82 Å². The molecule has 0 aromatic heterocycles. The average Bonchev–Trinajstić information content (AvgIpc) is 2.41. The van der Waals surface area contributed by atoms with Crippen LogP contribution in [0.3, 0.4) is 0 Å². The second kappa shape index (κ2) is 6.69. The Hall–Kier alpha value is -1.15. The van der Waals surface area contributed by atoms with E-state index in [4.69, 9.17) is 0 Å². The molecule has 0 saturated heterocycles. The first-order valence-corrected chi connectivity index (χ1v) is 6.88. The average molecular weight is 247 g/mol. The second-order valence-electron chi connectivity index (χ2n) is 5.09. The molecule has 98 valence electrons. The summed E-state index contributed by atoms with van der Waals surface area (Å²) < 4.78 is 13.6. The molecule has 1 atom stereocenters. The highest BCUT2D eigenvalue weighted by molar-refractivity contribution is 5.19. The highest BCUT2D eigenvalue weighted by atomic mass is 19.1. The van der Waals surface area contributed by atoms with Crippen LogP contribution in [0.4, 0.5) is 4.39 Å². The fourth-order valence-electron chi connectivity index (χ4n) is 2.61. The number of halogens is 1. The van der Waals surface area contributed by atoms with Crippen molar-refractivity contribution in [2.45, 2.75) is 44.6 Å². The number of benzene rings is 1. The molecular weight excluding hydrogens is 225 g/mol. The van der Waals surface area contributed by atoms with Crippen molar-refractivity contribution in [3.63, 3.8) is 0 Å². The lowest BCUT2D eigenvalue weighted by atomic mass is 9.92. The van der Waals surface area contributed by atoms with Crippen LogP contribution in [0.1, 0.15) is 37.7 Å². The van der Waals surface area contributed by atoms with Crippen LogP contribution in [-0.4, -0.2) is 13.1 Å². The van der Waals surface area contributed by atoms with E-state index in [0.717, 1.165) is 18.4 Å². The summed E-state index contributed by atoms with van der Waals surface area (Å²) >= 11 is 0. The van der Waals surface area contributed by atoms with Crippen molar-refractivity contribution in [1.82, 2.24) is 5.32 Å². The van der Waals surface area contributed by atoms with Crippen molar-refractivity contribution < 1.29 is 4.39 Å². The Labute approximate surface area is 109 Å². The van der Waals surface area contributed by atoms with Gasteiger partial charge in [-0.25, -0.2) is 4.39 Å². The van der Waals surface area contributed by atoms with Crippen molar-refractivity contribution in [2.24, 2.45) is 0 Å². The third kappa shape index (κ3) is 3.67. The first-order chi connectivity index (χ1) is 8.79. The van der Waals surface area contributed by atoms with Crippen molar-refractivity contribution in [2.75, 3.05) is 7.05 Å². The highest BCUT2D eigenvalue weighted by Gasteiger charge is 2.13. The van der Waals surface area contributed by atoms with E-state index >= 15 is 0 Å². The first kappa shape index (κ1) is 13.3. The van der Waals surface area contributed by atoms with Gasteiger partial charge in [-0.3, -0.25) is 0 Å². The zero-order valence-electron chi connectivity index (χ0n) is 11.1. The SMILES string of the molecule is CNC(CC1=CCCCC1)Cc1ccccc1F. The number of nitrogens with one attached hydrogen (secondary N) is 1. The summed E-state index contributed by atoms with van der Waals surface area (Å²) in [5.74, 6) is -0.0876. The van der Waals surface area contributed by atoms with Crippen LogP contribution in [0.15, 0.2) is 35.9 Å². The molecule has 0 fully saturated rings. The van der Waals surface area contributed by atoms with Gasteiger partial charge in [-0.05, 0) is 57.2 Å². The lowest BCUT2D eigenvalue weighted by Gasteiger charge is -2.20. The summed E-state index contributed by atoms with van der Waals surface area (Å²) in [6.07, 6.45) is 9.24. The lowest BCUT2D eigenvalue weighted by Crippen LogP contribution is -2.28. The van der Waals surface area contributed by atoms with Crippen LogP contribution >= 0.6 is 0 Å². The van der Waals surface area contributed by atoms with Crippen molar-refractivity contribution in [1.29, 1.82) is 0 Å². The van der Waals surface area contributed by atoms with E-state index in [9.17, 15) is 4.39 Å². The first-order valence-electron chi connectivity index (χ1n) is 6.88. The summed E-state index contributed by atoms with van der Waals surface area (Å²) in [7, 11) is 1.97. The van der Waals surface area contributed by atoms with Gasteiger partial charge in [0.05, 0.1) is 0 Å². The van der Waals surface area contributed by atoms with Gasteiger partial charge in [0, 0.05) is 6.04 Å². The summed E-state index contributed by atoms with van der Waals surface area (Å²) in [5, 5.41) is 3.32. The van der Waals surface area contributed by atoms with Gasteiger partial charge in [0.1, 0.15) is 5.82 Å². The van der Waals surface area contributed by atoms with E-state index in [1.165, 1.54) is 31.3 Å². The number of hydrogen-bond donors (Lipinski definition) is 1. The summed E-state index contributed by atoms with van der Waals surface area (Å²) in [6, 6.07) is 7.42. The Morgan fingerprint density at radius 1 is 1.22 bits per heavy atom. The monoisotopic (exact) mass is 247 g/mol. The van der Waals surface area contributed by atoms with Gasteiger partial charge >= 0.3 is 0 Å². The maximum Gasteiger partial charge on any atom is 0.126 e. The van der Waals surface area contributed by atoms with E-state index < -0.39 is 0 Å². The van der Waals surface area contributed by atoms with Gasteiger partial charge in [-0.2, -0.15) is 0 Å². The Bertz CT molecular complexity index is 411. The Kier molecular flexibility index (Phi) is 4.94. The van der Waals surface area contributed by atoms with Crippen LogP contribution in [0.2, 0.25) is 0 Å². The van der Waals surface area contributed by atoms with E-state index in [-0.39, 0.29) is 5.82 Å². The van der Waals surface area contributed by atoms with Crippen molar-refractivity contribution in [3.8, 4) is 0 Å². The van der Waals surface area contributed by atoms with E-state index in [1.807, 2.05) is 19.2 Å². The quantitative estimate of drug-likeness (QED) is 0.779. The molecule has 1 N–H and O–H groups in total. The molecule has 2 heteroatoms. The topological polar surface area (TPSA) is 12.0 Å². The molecule has 1 nitrogen and oxygen atoms in total. The van der Waals surface area contributed by atoms with Crippen LogP contribution in [0.25, 0.3) is 0 Å². The second-order valence-corrected chi connectivity index (χ2v) is 5.09. The number of allylic oxidation sites excluding steroid dienone is 1. The third-order valence-corrected chi connectivity index (χ3v) is 3.73. The van der Waals surface area contributed by atoms with Gasteiger partial charge in [-0.1, -0.05) is 29.8 Å². The molecule has 1 aromatic carbocycles. The molecule has 1 aliphatic rings. The van der Waals surface area contributed by atoms with Crippen LogP contribution < -0.4 is 5.32 Å². The minimum absolute atomic E-state index is 0.0876. The Balaban J connectivity index is 1.97. The van der Waals surface area contributed by atoms with Crippen LogP contribution in [-0.2, 0) is 6.42 Å².